The van der Waals surface area contributed by atoms with Gasteiger partial charge in [0.25, 0.3) is 0 Å². The lowest BCUT2D eigenvalue weighted by atomic mass is 9.70. The number of hydrogen-bond donors (Lipinski definition) is 1. The lowest BCUT2D eigenvalue weighted by Gasteiger charge is -2.36. The molecule has 0 radical (unpaired) electrons. The molecule has 0 bridgehead atoms. The first kappa shape index (κ1) is 32.2. The normalized spacial score (nSPS) is 12.8. The first-order chi connectivity index (χ1) is 20.0. The zero-order valence-corrected chi connectivity index (χ0v) is 24.1. The number of nitrogens with one attached hydrogen (secondary N) is 1. The van der Waals surface area contributed by atoms with Crippen molar-refractivity contribution in [2.75, 3.05) is 6.54 Å². The number of hydrogen-bond acceptors (Lipinski definition) is 5. The van der Waals surface area contributed by atoms with Crippen LogP contribution in [-0.4, -0.2) is 37.5 Å². The molecular formula is C28H24ClF6N3O4S. The van der Waals surface area contributed by atoms with Crippen molar-refractivity contribution in [3.8, 4) is 11.5 Å². The van der Waals surface area contributed by atoms with Crippen molar-refractivity contribution < 1.29 is 44.2 Å². The first-order valence-electron chi connectivity index (χ1n) is 12.4. The number of aryl methyl sites for hydroxylation is 2. The van der Waals surface area contributed by atoms with E-state index in [1.807, 2.05) is 0 Å². The summed E-state index contributed by atoms with van der Waals surface area (Å²) in [7, 11) is -2.97. The molecule has 0 amide bonds. The zero-order valence-electron chi connectivity index (χ0n) is 22.5. The molecule has 0 saturated carbocycles. The van der Waals surface area contributed by atoms with Crippen molar-refractivity contribution in [2.45, 2.75) is 36.4 Å². The van der Waals surface area contributed by atoms with Gasteiger partial charge in [0, 0.05) is 19.0 Å². The Hall–Kier alpha value is -3.75. The molecule has 15 heteroatoms. The van der Waals surface area contributed by atoms with Gasteiger partial charge in [-0.25, -0.2) is 13.1 Å². The molecule has 4 rings (SSSR count). The molecule has 4 aromatic rings. The highest BCUT2D eigenvalue weighted by Gasteiger charge is 2.40. The summed E-state index contributed by atoms with van der Waals surface area (Å²) in [5.74, 6) is -1.22. The SMILES string of the molecule is Cc1nn(C)c(Cl)c1S(=O)(=O)NCC(Cc1ccccc1)(c1cccc(OC(F)(F)F)c1)c1cccc(OC(F)(F)F)c1. The van der Waals surface area contributed by atoms with Gasteiger partial charge < -0.3 is 9.47 Å². The summed E-state index contributed by atoms with van der Waals surface area (Å²) < 4.78 is 118. The zero-order chi connectivity index (χ0) is 31.6. The minimum atomic E-state index is -5.04. The van der Waals surface area contributed by atoms with E-state index >= 15 is 0 Å². The van der Waals surface area contributed by atoms with Gasteiger partial charge in [0.05, 0.1) is 5.69 Å². The maximum atomic E-state index is 13.6. The third kappa shape index (κ3) is 7.80. The Labute approximate surface area is 248 Å². The van der Waals surface area contributed by atoms with Gasteiger partial charge in [-0.2, -0.15) is 5.10 Å². The smallest absolute Gasteiger partial charge is 0.406 e. The molecule has 230 valence electrons. The van der Waals surface area contributed by atoms with Crippen LogP contribution in [0.5, 0.6) is 11.5 Å². The summed E-state index contributed by atoms with van der Waals surface area (Å²) in [6, 6.07) is 18.1. The molecule has 1 heterocycles. The Balaban J connectivity index is 1.94. The molecule has 3 aromatic carbocycles. The Bertz CT molecular complexity index is 1630. The van der Waals surface area contributed by atoms with Gasteiger partial charge in [-0.05, 0) is 54.3 Å². The number of rotatable bonds is 10. The average molecular weight is 648 g/mol. The predicted molar refractivity (Wildman–Crippen MR) is 145 cm³/mol. The highest BCUT2D eigenvalue weighted by atomic mass is 35.5. The van der Waals surface area contributed by atoms with Gasteiger partial charge in [0.15, 0.2) is 0 Å². The van der Waals surface area contributed by atoms with E-state index in [0.29, 0.717) is 5.56 Å². The molecular weight excluding hydrogens is 624 g/mol. The monoisotopic (exact) mass is 647 g/mol. The van der Waals surface area contributed by atoms with Crippen LogP contribution < -0.4 is 14.2 Å². The van der Waals surface area contributed by atoms with Crippen molar-refractivity contribution in [3.05, 3.63) is 106 Å². The summed E-state index contributed by atoms with van der Waals surface area (Å²) in [4.78, 5) is -0.325. The summed E-state index contributed by atoms with van der Waals surface area (Å²) >= 11 is 6.21. The lowest BCUT2D eigenvalue weighted by Crippen LogP contribution is -2.43. The second kappa shape index (κ2) is 12.1. The van der Waals surface area contributed by atoms with Crippen LogP contribution in [-0.2, 0) is 28.9 Å². The quantitative estimate of drug-likeness (QED) is 0.194. The van der Waals surface area contributed by atoms with Crippen LogP contribution in [0.3, 0.4) is 0 Å². The maximum absolute atomic E-state index is 13.6. The standard InChI is InChI=1S/C28H24ClF6N3O4S/c1-18-24(25(29)38(2)37-18)43(39,40)36-17-26(16-19-8-4-3-5-9-19,20-10-6-12-22(14-20)41-27(30,31)32)21-11-7-13-23(15-21)42-28(33,34)35/h3-15,36H,16-17H2,1-2H3. The molecule has 0 saturated heterocycles. The number of alkyl halides is 6. The van der Waals surface area contributed by atoms with Crippen LogP contribution in [0.1, 0.15) is 22.4 Å². The fraction of sp³-hybridized carbons (Fsp3) is 0.250. The van der Waals surface area contributed by atoms with Crippen molar-refractivity contribution in [1.82, 2.24) is 14.5 Å². The molecule has 0 aliphatic rings. The van der Waals surface area contributed by atoms with E-state index in [2.05, 4.69) is 19.3 Å². The van der Waals surface area contributed by atoms with Crippen LogP contribution >= 0.6 is 11.6 Å². The highest BCUT2D eigenvalue weighted by Crippen LogP contribution is 2.40. The molecule has 1 aromatic heterocycles. The second-order valence-electron chi connectivity index (χ2n) is 9.55. The molecule has 0 fully saturated rings. The molecule has 0 unspecified atom stereocenters. The van der Waals surface area contributed by atoms with Crippen molar-refractivity contribution >= 4 is 21.6 Å². The highest BCUT2D eigenvalue weighted by molar-refractivity contribution is 7.89. The van der Waals surface area contributed by atoms with Crippen molar-refractivity contribution in [1.29, 1.82) is 0 Å². The van der Waals surface area contributed by atoms with Crippen molar-refractivity contribution in [2.24, 2.45) is 7.05 Å². The van der Waals surface area contributed by atoms with Gasteiger partial charge in [-0.3, -0.25) is 4.68 Å². The van der Waals surface area contributed by atoms with Crippen LogP contribution in [0.4, 0.5) is 26.3 Å². The molecule has 0 atom stereocenters. The second-order valence-corrected chi connectivity index (χ2v) is 11.6. The van der Waals surface area contributed by atoms with Gasteiger partial charge in [0.2, 0.25) is 10.0 Å². The summed E-state index contributed by atoms with van der Waals surface area (Å²) in [5, 5.41) is 3.82. The molecule has 0 aliphatic carbocycles. The molecule has 1 N–H and O–H groups in total. The van der Waals surface area contributed by atoms with E-state index < -0.39 is 46.2 Å². The van der Waals surface area contributed by atoms with Crippen LogP contribution in [0.2, 0.25) is 5.15 Å². The van der Waals surface area contributed by atoms with Gasteiger partial charge in [-0.15, -0.1) is 26.3 Å². The summed E-state index contributed by atoms with van der Waals surface area (Å²) in [5.41, 5.74) is -0.707. The van der Waals surface area contributed by atoms with E-state index in [4.69, 9.17) is 11.6 Å². The number of ether oxygens (including phenoxy) is 2. The average Bonchev–Trinajstić information content (AvgIpc) is 3.16. The third-order valence-electron chi connectivity index (χ3n) is 6.52. The Morgan fingerprint density at radius 3 is 1.79 bits per heavy atom. The Morgan fingerprint density at radius 2 is 1.35 bits per heavy atom. The van der Waals surface area contributed by atoms with Crippen molar-refractivity contribution in [3.63, 3.8) is 0 Å². The van der Waals surface area contributed by atoms with Crippen LogP contribution in [0.25, 0.3) is 0 Å². The number of aromatic nitrogens is 2. The topological polar surface area (TPSA) is 82.5 Å². The molecule has 0 aliphatic heterocycles. The third-order valence-corrected chi connectivity index (χ3v) is 8.62. The maximum Gasteiger partial charge on any atom is 0.573 e. The van der Waals surface area contributed by atoms with E-state index in [0.717, 1.165) is 28.9 Å². The summed E-state index contributed by atoms with van der Waals surface area (Å²) in [6.07, 6.45) is -10.2. The largest absolute Gasteiger partial charge is 0.573 e. The predicted octanol–water partition coefficient (Wildman–Crippen LogP) is 6.69. The van der Waals surface area contributed by atoms with E-state index in [9.17, 15) is 34.8 Å². The number of halogens is 7. The minimum absolute atomic E-state index is 0.0684. The fourth-order valence-electron chi connectivity index (χ4n) is 4.77. The Morgan fingerprint density at radius 1 is 0.837 bits per heavy atom. The van der Waals surface area contributed by atoms with E-state index in [-0.39, 0.29) is 33.3 Å². The van der Waals surface area contributed by atoms with Gasteiger partial charge >= 0.3 is 12.7 Å². The fourth-order valence-corrected chi connectivity index (χ4v) is 6.61. The van der Waals surface area contributed by atoms with E-state index in [1.54, 1.807) is 30.3 Å². The minimum Gasteiger partial charge on any atom is -0.406 e. The number of nitrogens with zero attached hydrogens (tertiary/aromatic N) is 2. The Kier molecular flexibility index (Phi) is 9.05. The number of benzene rings is 3. The molecule has 43 heavy (non-hydrogen) atoms. The van der Waals surface area contributed by atoms with Gasteiger partial charge in [0.1, 0.15) is 21.5 Å². The molecule has 7 nitrogen and oxygen atoms in total. The van der Waals surface area contributed by atoms with E-state index in [1.165, 1.54) is 38.2 Å². The van der Waals surface area contributed by atoms with Crippen LogP contribution in [0.15, 0.2) is 83.8 Å². The number of sulfonamides is 1. The first-order valence-corrected chi connectivity index (χ1v) is 14.3. The lowest BCUT2D eigenvalue weighted by molar-refractivity contribution is -0.275. The molecule has 0 spiro atoms. The summed E-state index contributed by atoms with van der Waals surface area (Å²) in [6.45, 7) is 0.896. The van der Waals surface area contributed by atoms with Gasteiger partial charge in [-0.1, -0.05) is 66.2 Å². The van der Waals surface area contributed by atoms with Crippen LogP contribution in [0, 0.1) is 6.92 Å².